The zero-order valence-electron chi connectivity index (χ0n) is 16.8. The lowest BCUT2D eigenvalue weighted by atomic mass is 10.2. The van der Waals surface area contributed by atoms with Crippen LogP contribution in [-0.4, -0.2) is 75.3 Å². The average Bonchev–Trinajstić information content (AvgIpc) is 2.64. The van der Waals surface area contributed by atoms with E-state index < -0.39 is 10.0 Å². The van der Waals surface area contributed by atoms with Crippen molar-refractivity contribution in [2.45, 2.75) is 32.1 Å². The topological polar surface area (TPSA) is 98.8 Å². The van der Waals surface area contributed by atoms with E-state index in [2.05, 4.69) is 10.6 Å². The zero-order chi connectivity index (χ0) is 20.7. The lowest BCUT2D eigenvalue weighted by molar-refractivity contribution is -0.126. The van der Waals surface area contributed by atoms with E-state index in [0.717, 1.165) is 17.5 Å². The summed E-state index contributed by atoms with van der Waals surface area (Å²) in [6.07, 6.45) is 0.842. The minimum atomic E-state index is -3.54. The Labute approximate surface area is 167 Å². The van der Waals surface area contributed by atoms with Crippen LogP contribution in [0.5, 0.6) is 0 Å². The van der Waals surface area contributed by atoms with Crippen molar-refractivity contribution in [3.63, 3.8) is 0 Å². The normalized spacial score (nSPS) is 16.0. The van der Waals surface area contributed by atoms with Gasteiger partial charge in [-0.25, -0.2) is 8.42 Å². The Hall–Kier alpha value is -1.97. The van der Waals surface area contributed by atoms with Gasteiger partial charge in [0, 0.05) is 32.7 Å². The van der Waals surface area contributed by atoms with Gasteiger partial charge < -0.3 is 10.6 Å². The van der Waals surface area contributed by atoms with Crippen LogP contribution in [0.3, 0.4) is 0 Å². The number of aryl methyl sites for hydroxylation is 2. The van der Waals surface area contributed by atoms with Gasteiger partial charge in [0.1, 0.15) is 0 Å². The largest absolute Gasteiger partial charge is 0.355 e. The fourth-order valence-electron chi connectivity index (χ4n) is 3.12. The van der Waals surface area contributed by atoms with Crippen molar-refractivity contribution in [3.8, 4) is 0 Å². The highest BCUT2D eigenvalue weighted by Crippen LogP contribution is 2.22. The van der Waals surface area contributed by atoms with E-state index in [4.69, 9.17) is 0 Å². The van der Waals surface area contributed by atoms with Crippen LogP contribution in [-0.2, 0) is 19.6 Å². The van der Waals surface area contributed by atoms with E-state index in [-0.39, 0.29) is 24.9 Å². The van der Waals surface area contributed by atoms with Gasteiger partial charge in [0.25, 0.3) is 0 Å². The van der Waals surface area contributed by atoms with Crippen molar-refractivity contribution in [3.05, 3.63) is 29.3 Å². The van der Waals surface area contributed by atoms with Crippen LogP contribution in [0, 0.1) is 13.8 Å². The van der Waals surface area contributed by atoms with E-state index in [1.807, 2.05) is 24.8 Å². The highest BCUT2D eigenvalue weighted by Gasteiger charge is 2.30. The van der Waals surface area contributed by atoms with Gasteiger partial charge in [-0.3, -0.25) is 14.5 Å². The predicted octanol–water partition coefficient (Wildman–Crippen LogP) is 0.252. The second-order valence-electron chi connectivity index (χ2n) is 7.08. The number of nitrogens with one attached hydrogen (secondary N) is 2. The Morgan fingerprint density at radius 1 is 1.04 bits per heavy atom. The maximum atomic E-state index is 12.9. The van der Waals surface area contributed by atoms with Crippen LogP contribution < -0.4 is 10.6 Å². The Kier molecular flexibility index (Phi) is 7.97. The zero-order valence-corrected chi connectivity index (χ0v) is 17.6. The number of amides is 2. The van der Waals surface area contributed by atoms with Crippen LogP contribution >= 0.6 is 0 Å². The minimum Gasteiger partial charge on any atom is -0.355 e. The van der Waals surface area contributed by atoms with Crippen LogP contribution in [0.1, 0.15) is 24.5 Å². The summed E-state index contributed by atoms with van der Waals surface area (Å²) >= 11 is 0. The summed E-state index contributed by atoms with van der Waals surface area (Å²) < 4.78 is 27.3. The maximum Gasteiger partial charge on any atom is 0.243 e. The molecule has 0 saturated carbocycles. The number of carbonyl (C=O) groups excluding carboxylic acids is 2. The molecule has 156 valence electrons. The number of rotatable bonds is 8. The molecule has 2 rings (SSSR count). The van der Waals surface area contributed by atoms with Crippen molar-refractivity contribution in [1.29, 1.82) is 0 Å². The van der Waals surface area contributed by atoms with Gasteiger partial charge in [-0.15, -0.1) is 0 Å². The molecule has 1 aliphatic heterocycles. The number of hydrogen-bond donors (Lipinski definition) is 2. The molecule has 1 aliphatic rings. The smallest absolute Gasteiger partial charge is 0.243 e. The number of sulfonamides is 1. The van der Waals surface area contributed by atoms with Crippen LogP contribution in [0.2, 0.25) is 0 Å². The van der Waals surface area contributed by atoms with Gasteiger partial charge in [-0.2, -0.15) is 4.31 Å². The molecule has 0 atom stereocenters. The number of nitrogens with zero attached hydrogens (tertiary/aromatic N) is 2. The molecule has 0 spiro atoms. The van der Waals surface area contributed by atoms with Gasteiger partial charge in [-0.05, 0) is 31.9 Å². The average molecular weight is 411 g/mol. The van der Waals surface area contributed by atoms with E-state index >= 15 is 0 Å². The second kappa shape index (κ2) is 9.99. The molecule has 28 heavy (non-hydrogen) atoms. The summed E-state index contributed by atoms with van der Waals surface area (Å²) in [6.45, 7) is 8.00. The molecule has 0 radical (unpaired) electrons. The summed E-state index contributed by atoms with van der Waals surface area (Å²) in [5, 5.41) is 5.29. The maximum absolute atomic E-state index is 12.9. The molecule has 1 aromatic carbocycles. The van der Waals surface area contributed by atoms with Crippen LogP contribution in [0.4, 0.5) is 0 Å². The van der Waals surface area contributed by atoms with Crippen LogP contribution in [0.15, 0.2) is 23.1 Å². The molecule has 1 aromatic rings. The third-order valence-electron chi connectivity index (χ3n) is 4.67. The third kappa shape index (κ3) is 6.02. The first-order valence-corrected chi connectivity index (χ1v) is 11.0. The molecule has 1 saturated heterocycles. The Morgan fingerprint density at radius 2 is 1.71 bits per heavy atom. The van der Waals surface area contributed by atoms with Gasteiger partial charge in [0.05, 0.1) is 18.0 Å². The highest BCUT2D eigenvalue weighted by atomic mass is 32.2. The van der Waals surface area contributed by atoms with Gasteiger partial charge in [-0.1, -0.05) is 24.6 Å². The molecular formula is C19H30N4O4S. The first-order chi connectivity index (χ1) is 13.2. The Bertz CT molecular complexity index is 802. The molecule has 0 bridgehead atoms. The minimum absolute atomic E-state index is 0.0418. The molecule has 0 unspecified atom stereocenters. The Morgan fingerprint density at radius 3 is 2.32 bits per heavy atom. The standard InChI is InChI=1S/C19H30N4O4S/c1-4-7-20-18(24)13-21-19(25)14-22-8-10-23(11-9-22)28(26,27)17-6-5-15(2)12-16(17)3/h5-6,12H,4,7-11,13-14H2,1-3H3,(H,20,24)(H,21,25). The van der Waals surface area contributed by atoms with E-state index in [9.17, 15) is 18.0 Å². The van der Waals surface area contributed by atoms with Gasteiger partial charge in [0.2, 0.25) is 21.8 Å². The molecule has 0 aliphatic carbocycles. The molecule has 2 N–H and O–H groups in total. The van der Waals surface area contributed by atoms with Crippen LogP contribution in [0.25, 0.3) is 0 Å². The van der Waals surface area contributed by atoms with E-state index in [1.54, 1.807) is 19.1 Å². The van der Waals surface area contributed by atoms with Gasteiger partial charge in [0.15, 0.2) is 0 Å². The highest BCUT2D eigenvalue weighted by molar-refractivity contribution is 7.89. The lowest BCUT2D eigenvalue weighted by Crippen LogP contribution is -2.51. The first-order valence-electron chi connectivity index (χ1n) is 9.57. The van der Waals surface area contributed by atoms with Gasteiger partial charge >= 0.3 is 0 Å². The number of carbonyl (C=O) groups is 2. The summed E-state index contributed by atoms with van der Waals surface area (Å²) in [4.78, 5) is 25.8. The predicted molar refractivity (Wildman–Crippen MR) is 107 cm³/mol. The quantitative estimate of drug-likeness (QED) is 0.640. The molecule has 1 heterocycles. The van der Waals surface area contributed by atoms with E-state index in [0.29, 0.717) is 37.6 Å². The van der Waals surface area contributed by atoms with Crippen molar-refractivity contribution in [2.75, 3.05) is 45.8 Å². The lowest BCUT2D eigenvalue weighted by Gasteiger charge is -2.33. The van der Waals surface area contributed by atoms with Crippen molar-refractivity contribution < 1.29 is 18.0 Å². The summed E-state index contributed by atoms with van der Waals surface area (Å²) in [5.41, 5.74) is 1.76. The third-order valence-corrected chi connectivity index (χ3v) is 6.72. The van der Waals surface area contributed by atoms with Crippen molar-refractivity contribution in [1.82, 2.24) is 19.8 Å². The van der Waals surface area contributed by atoms with Crippen molar-refractivity contribution in [2.24, 2.45) is 0 Å². The number of benzene rings is 1. The number of piperazine rings is 1. The monoisotopic (exact) mass is 410 g/mol. The molecular weight excluding hydrogens is 380 g/mol. The first kappa shape index (κ1) is 22.3. The van der Waals surface area contributed by atoms with Crippen molar-refractivity contribution >= 4 is 21.8 Å². The Balaban J connectivity index is 1.83. The fourth-order valence-corrected chi connectivity index (χ4v) is 4.75. The fraction of sp³-hybridized carbons (Fsp3) is 0.579. The molecule has 1 fully saturated rings. The molecule has 2 amide bonds. The summed E-state index contributed by atoms with van der Waals surface area (Å²) in [6, 6.07) is 5.32. The molecule has 9 heteroatoms. The number of hydrogen-bond acceptors (Lipinski definition) is 5. The summed E-state index contributed by atoms with van der Waals surface area (Å²) in [5.74, 6) is -0.447. The summed E-state index contributed by atoms with van der Waals surface area (Å²) in [7, 11) is -3.54. The van der Waals surface area contributed by atoms with E-state index in [1.165, 1.54) is 4.31 Å². The molecule has 8 nitrogen and oxygen atoms in total. The molecule has 0 aromatic heterocycles. The second-order valence-corrected chi connectivity index (χ2v) is 8.98. The SMILES string of the molecule is CCCNC(=O)CNC(=O)CN1CCN(S(=O)(=O)c2ccc(C)cc2C)CC1.